The van der Waals surface area contributed by atoms with Crippen LogP contribution in [0.3, 0.4) is 0 Å². The Morgan fingerprint density at radius 1 is 1.02 bits per heavy atom. The molecular formula is C32H22F3N5O5S2. The summed E-state index contributed by atoms with van der Waals surface area (Å²) in [7, 11) is 3.10. The zero-order valence-corrected chi connectivity index (χ0v) is 26.1. The van der Waals surface area contributed by atoms with Gasteiger partial charge < -0.3 is 23.9 Å². The van der Waals surface area contributed by atoms with Gasteiger partial charge in [-0.05, 0) is 47.2 Å². The van der Waals surface area contributed by atoms with Crippen molar-refractivity contribution in [3.63, 3.8) is 0 Å². The Morgan fingerprint density at radius 2 is 1.87 bits per heavy atom. The van der Waals surface area contributed by atoms with Crippen LogP contribution in [0.25, 0.3) is 38.0 Å². The smallest absolute Gasteiger partial charge is 0.416 e. The monoisotopic (exact) mass is 677 g/mol. The molecule has 0 fully saturated rings. The number of nitrogens with zero attached hydrogens (tertiary/aromatic N) is 4. The number of alkyl halides is 3. The standard InChI is InChI=1S/C32H22F3N5O5S2/c1-42-21-11-25(22-13-27(45-26(22)12-21)23-14-40-30(38-23)47-31(39-40)43-2)44-15-17-5-3-8-20(9-17)36-28(41)24-16-46-29(37-24)18-6-4-7-19(10-18)32(33,34)35/h3-14,16H,15H2,1-2H3,(H,36,41). The first-order chi connectivity index (χ1) is 22.7. The van der Waals surface area contributed by atoms with Gasteiger partial charge in [-0.25, -0.2) is 14.5 Å². The van der Waals surface area contributed by atoms with Gasteiger partial charge in [0.1, 0.15) is 40.1 Å². The number of halogens is 3. The fourth-order valence-electron chi connectivity index (χ4n) is 4.76. The number of amides is 1. The van der Waals surface area contributed by atoms with Crippen LogP contribution in [-0.4, -0.2) is 39.7 Å². The van der Waals surface area contributed by atoms with Crippen molar-refractivity contribution in [2.24, 2.45) is 0 Å². The SMILES string of the molecule is COc1cc(OCc2cccc(NC(=O)c3csc(-c4cccc(C(F)(F)F)c4)n3)c2)c2cc(-c3cn4nc(OC)sc4n3)oc2c1. The van der Waals surface area contributed by atoms with Crippen LogP contribution < -0.4 is 19.5 Å². The van der Waals surface area contributed by atoms with Gasteiger partial charge in [0.25, 0.3) is 11.1 Å². The fourth-order valence-corrected chi connectivity index (χ4v) is 6.26. The fraction of sp³-hybridized carbons (Fsp3) is 0.125. The average molecular weight is 678 g/mol. The van der Waals surface area contributed by atoms with Crippen molar-refractivity contribution in [2.75, 3.05) is 19.5 Å². The molecule has 47 heavy (non-hydrogen) atoms. The van der Waals surface area contributed by atoms with Crippen molar-refractivity contribution < 1.29 is 36.6 Å². The summed E-state index contributed by atoms with van der Waals surface area (Å²) >= 11 is 2.39. The van der Waals surface area contributed by atoms with Gasteiger partial charge in [-0.3, -0.25) is 4.79 Å². The van der Waals surface area contributed by atoms with Crippen LogP contribution >= 0.6 is 22.7 Å². The quantitative estimate of drug-likeness (QED) is 0.163. The van der Waals surface area contributed by atoms with Gasteiger partial charge in [0.15, 0.2) is 5.76 Å². The van der Waals surface area contributed by atoms with Crippen LogP contribution in [0.5, 0.6) is 16.7 Å². The molecule has 7 aromatic rings. The number of anilines is 1. The highest BCUT2D eigenvalue weighted by Gasteiger charge is 2.30. The average Bonchev–Trinajstić information content (AvgIpc) is 3.86. The van der Waals surface area contributed by atoms with Crippen LogP contribution in [-0.2, 0) is 12.8 Å². The van der Waals surface area contributed by atoms with E-state index >= 15 is 0 Å². The Morgan fingerprint density at radius 3 is 2.66 bits per heavy atom. The van der Waals surface area contributed by atoms with Gasteiger partial charge in [-0.2, -0.15) is 13.2 Å². The molecule has 0 saturated heterocycles. The highest BCUT2D eigenvalue weighted by molar-refractivity contribution is 7.18. The predicted molar refractivity (Wildman–Crippen MR) is 170 cm³/mol. The zero-order chi connectivity index (χ0) is 32.7. The van der Waals surface area contributed by atoms with Gasteiger partial charge in [-0.1, -0.05) is 24.3 Å². The highest BCUT2D eigenvalue weighted by Crippen LogP contribution is 2.38. The van der Waals surface area contributed by atoms with Crippen molar-refractivity contribution in [2.45, 2.75) is 12.8 Å². The number of rotatable bonds is 9. The van der Waals surface area contributed by atoms with Crippen molar-refractivity contribution >= 4 is 50.2 Å². The van der Waals surface area contributed by atoms with E-state index in [1.54, 1.807) is 55.3 Å². The van der Waals surface area contributed by atoms with E-state index in [2.05, 4.69) is 20.4 Å². The van der Waals surface area contributed by atoms with E-state index < -0.39 is 17.6 Å². The molecule has 1 amide bonds. The van der Waals surface area contributed by atoms with Gasteiger partial charge >= 0.3 is 6.18 Å². The minimum Gasteiger partial charge on any atom is -0.496 e. The summed E-state index contributed by atoms with van der Waals surface area (Å²) in [6, 6.07) is 17.3. The van der Waals surface area contributed by atoms with E-state index in [0.29, 0.717) is 54.8 Å². The predicted octanol–water partition coefficient (Wildman–Crippen LogP) is 8.19. The van der Waals surface area contributed by atoms with Gasteiger partial charge in [0, 0.05) is 28.8 Å². The second kappa shape index (κ2) is 12.1. The van der Waals surface area contributed by atoms with E-state index in [1.165, 1.54) is 28.8 Å². The molecule has 3 aromatic carbocycles. The largest absolute Gasteiger partial charge is 0.496 e. The third kappa shape index (κ3) is 6.22. The van der Waals surface area contributed by atoms with Crippen molar-refractivity contribution in [3.8, 4) is 38.7 Å². The summed E-state index contributed by atoms with van der Waals surface area (Å²) < 4.78 is 64.0. The molecule has 238 valence electrons. The summed E-state index contributed by atoms with van der Waals surface area (Å²) in [5, 5.41) is 10.1. The Kier molecular flexibility index (Phi) is 7.77. The lowest BCUT2D eigenvalue weighted by Crippen LogP contribution is -2.12. The van der Waals surface area contributed by atoms with E-state index in [4.69, 9.17) is 18.6 Å². The van der Waals surface area contributed by atoms with E-state index in [-0.39, 0.29) is 17.9 Å². The third-order valence-corrected chi connectivity index (χ3v) is 8.79. The van der Waals surface area contributed by atoms with E-state index in [9.17, 15) is 18.0 Å². The number of benzene rings is 3. The first-order valence-corrected chi connectivity index (χ1v) is 15.5. The first kappa shape index (κ1) is 30.3. The molecule has 0 aliphatic heterocycles. The Labute approximate surface area is 272 Å². The van der Waals surface area contributed by atoms with Gasteiger partial charge in [-0.15, -0.1) is 16.4 Å². The molecule has 0 spiro atoms. The van der Waals surface area contributed by atoms with Crippen molar-refractivity contribution in [3.05, 3.63) is 95.1 Å². The van der Waals surface area contributed by atoms with Gasteiger partial charge in [0.05, 0.1) is 31.4 Å². The van der Waals surface area contributed by atoms with Crippen LogP contribution in [0.15, 0.2) is 82.7 Å². The summed E-state index contributed by atoms with van der Waals surface area (Å²) in [5.41, 5.74) is 1.99. The summed E-state index contributed by atoms with van der Waals surface area (Å²) in [6.45, 7) is 0.160. The number of carbonyl (C=O) groups is 1. The van der Waals surface area contributed by atoms with Crippen LogP contribution in [0, 0.1) is 0 Å². The molecule has 4 heterocycles. The van der Waals surface area contributed by atoms with Crippen molar-refractivity contribution in [1.82, 2.24) is 19.6 Å². The number of furan rings is 1. The molecule has 7 rings (SSSR count). The summed E-state index contributed by atoms with van der Waals surface area (Å²) in [5.74, 6) is 1.09. The molecule has 0 bridgehead atoms. The lowest BCUT2D eigenvalue weighted by molar-refractivity contribution is -0.137. The number of aromatic nitrogens is 4. The Bertz CT molecular complexity index is 2220. The van der Waals surface area contributed by atoms with Crippen molar-refractivity contribution in [1.29, 1.82) is 0 Å². The molecule has 0 atom stereocenters. The molecule has 0 unspecified atom stereocenters. The minimum absolute atomic E-state index is 0.0890. The summed E-state index contributed by atoms with van der Waals surface area (Å²) in [4.78, 5) is 22.5. The molecule has 4 aromatic heterocycles. The van der Waals surface area contributed by atoms with Crippen LogP contribution in [0.2, 0.25) is 0 Å². The normalized spacial score (nSPS) is 11.7. The summed E-state index contributed by atoms with van der Waals surface area (Å²) in [6.07, 6.45) is -2.73. The number of hydrogen-bond donors (Lipinski definition) is 1. The molecule has 0 aliphatic carbocycles. The first-order valence-electron chi connectivity index (χ1n) is 13.9. The maximum Gasteiger partial charge on any atom is 0.416 e. The number of thiazole rings is 1. The molecule has 0 saturated carbocycles. The molecule has 1 N–H and O–H groups in total. The van der Waals surface area contributed by atoms with E-state index in [1.807, 2.05) is 12.1 Å². The number of nitrogens with one attached hydrogen (secondary N) is 1. The second-order valence-corrected chi connectivity index (χ2v) is 11.9. The number of methoxy groups -OCH3 is 2. The van der Waals surface area contributed by atoms with Gasteiger partial charge in [0.2, 0.25) is 4.96 Å². The molecule has 0 radical (unpaired) electrons. The maximum absolute atomic E-state index is 13.1. The van der Waals surface area contributed by atoms with Crippen LogP contribution in [0.4, 0.5) is 18.9 Å². The minimum atomic E-state index is -4.48. The van der Waals surface area contributed by atoms with Crippen LogP contribution in [0.1, 0.15) is 21.6 Å². The third-order valence-electron chi connectivity index (χ3n) is 7.01. The number of hydrogen-bond acceptors (Lipinski definition) is 10. The molecule has 10 nitrogen and oxygen atoms in total. The van der Waals surface area contributed by atoms with E-state index in [0.717, 1.165) is 29.0 Å². The number of ether oxygens (including phenoxy) is 3. The molecular weight excluding hydrogens is 656 g/mol. The lowest BCUT2D eigenvalue weighted by Gasteiger charge is -2.10. The topological polar surface area (TPSA) is 113 Å². The highest BCUT2D eigenvalue weighted by atomic mass is 32.1. The Balaban J connectivity index is 1.06. The maximum atomic E-state index is 13.1. The number of carbonyl (C=O) groups excluding carboxylic acids is 1. The molecule has 15 heteroatoms. The second-order valence-electron chi connectivity index (χ2n) is 10.1. The Hall–Kier alpha value is -5.41. The zero-order valence-electron chi connectivity index (χ0n) is 24.5. The molecule has 0 aliphatic rings. The number of imidazole rings is 1. The lowest BCUT2D eigenvalue weighted by atomic mass is 10.1. The number of fused-ring (bicyclic) bond motifs is 2.